The van der Waals surface area contributed by atoms with Crippen LogP contribution < -0.4 is 5.32 Å². The average molecular weight is 359 g/mol. The highest BCUT2D eigenvalue weighted by atomic mass is 32.1. The number of carbonyl (C=O) groups is 1. The van der Waals surface area contributed by atoms with Crippen LogP contribution in [0.25, 0.3) is 11.4 Å². The summed E-state index contributed by atoms with van der Waals surface area (Å²) in [6.45, 7) is 2.97. The second-order valence-electron chi connectivity index (χ2n) is 6.95. The van der Waals surface area contributed by atoms with Gasteiger partial charge >= 0.3 is 0 Å². The van der Waals surface area contributed by atoms with Crippen molar-refractivity contribution in [3.63, 3.8) is 0 Å². The van der Waals surface area contributed by atoms with Crippen molar-refractivity contribution in [3.8, 4) is 11.4 Å². The third-order valence-corrected chi connectivity index (χ3v) is 5.23. The number of rotatable bonds is 7. The third kappa shape index (κ3) is 4.78. The zero-order chi connectivity index (χ0) is 17.6. The Labute approximate surface area is 153 Å². The number of aryl methyl sites for hydroxylation is 1. The number of aromatic nitrogens is 3. The average Bonchev–Trinajstić information content (AvgIpc) is 3.22. The van der Waals surface area contributed by atoms with Crippen molar-refractivity contribution in [2.24, 2.45) is 5.92 Å². The minimum atomic E-state index is -0.0159. The van der Waals surface area contributed by atoms with Crippen molar-refractivity contribution < 1.29 is 4.79 Å². The first-order valence-electron chi connectivity index (χ1n) is 9.12. The Balaban J connectivity index is 1.56. The maximum Gasteiger partial charge on any atom is 0.240 e. The number of hydrogen-bond acceptors (Lipinski definition) is 3. The summed E-state index contributed by atoms with van der Waals surface area (Å²) in [5.74, 6) is 1.56. The van der Waals surface area contributed by atoms with E-state index >= 15 is 0 Å². The Morgan fingerprint density at radius 3 is 2.96 bits per heavy atom. The van der Waals surface area contributed by atoms with Crippen LogP contribution in [0, 0.1) is 17.6 Å². The monoisotopic (exact) mass is 358 g/mol. The summed E-state index contributed by atoms with van der Waals surface area (Å²) in [5.41, 5.74) is 2.11. The SMILES string of the molecule is Cc1cccc(-c2n[nH]c(=S)n2CC(=O)NCCCC2CCCC2)c1. The molecule has 2 aromatic rings. The first kappa shape index (κ1) is 17.9. The highest BCUT2D eigenvalue weighted by Crippen LogP contribution is 2.28. The molecule has 1 aromatic heterocycles. The summed E-state index contributed by atoms with van der Waals surface area (Å²) in [7, 11) is 0. The first-order valence-corrected chi connectivity index (χ1v) is 9.53. The molecule has 0 atom stereocenters. The molecule has 0 saturated heterocycles. The first-order chi connectivity index (χ1) is 12.1. The molecular formula is C19H26N4OS. The lowest BCUT2D eigenvalue weighted by atomic mass is 10.0. The van der Waals surface area contributed by atoms with Crippen molar-refractivity contribution in [2.45, 2.75) is 52.0 Å². The molecule has 1 aliphatic rings. The zero-order valence-electron chi connectivity index (χ0n) is 14.8. The molecule has 134 valence electrons. The van der Waals surface area contributed by atoms with Crippen molar-refractivity contribution in [1.82, 2.24) is 20.1 Å². The number of H-pyrrole nitrogens is 1. The Morgan fingerprint density at radius 1 is 1.40 bits per heavy atom. The Kier molecular flexibility index (Phi) is 6.02. The number of benzene rings is 1. The Morgan fingerprint density at radius 2 is 2.20 bits per heavy atom. The normalized spacial score (nSPS) is 14.8. The summed E-state index contributed by atoms with van der Waals surface area (Å²) in [6.07, 6.45) is 7.74. The van der Waals surface area contributed by atoms with Crippen LogP contribution in [0.15, 0.2) is 24.3 Å². The second kappa shape index (κ2) is 8.43. The second-order valence-corrected chi connectivity index (χ2v) is 7.34. The molecule has 0 radical (unpaired) electrons. The summed E-state index contributed by atoms with van der Waals surface area (Å²) in [5, 5.41) is 10.1. The molecule has 25 heavy (non-hydrogen) atoms. The molecule has 1 fully saturated rings. The van der Waals surface area contributed by atoms with E-state index in [2.05, 4.69) is 15.5 Å². The van der Waals surface area contributed by atoms with Crippen LogP contribution in [-0.2, 0) is 11.3 Å². The van der Waals surface area contributed by atoms with Gasteiger partial charge in [-0.1, -0.05) is 49.4 Å². The van der Waals surface area contributed by atoms with Crippen LogP contribution >= 0.6 is 12.2 Å². The maximum absolute atomic E-state index is 12.3. The maximum atomic E-state index is 12.3. The van der Waals surface area contributed by atoms with Gasteiger partial charge in [-0.3, -0.25) is 14.5 Å². The lowest BCUT2D eigenvalue weighted by molar-refractivity contribution is -0.121. The van der Waals surface area contributed by atoms with Gasteiger partial charge in [0.25, 0.3) is 0 Å². The van der Waals surface area contributed by atoms with Crippen LogP contribution in [0.1, 0.15) is 44.1 Å². The highest BCUT2D eigenvalue weighted by Gasteiger charge is 2.15. The van der Waals surface area contributed by atoms with Crippen LogP contribution in [0.5, 0.6) is 0 Å². The van der Waals surface area contributed by atoms with Gasteiger partial charge in [0, 0.05) is 12.1 Å². The highest BCUT2D eigenvalue weighted by molar-refractivity contribution is 7.71. The molecule has 0 unspecified atom stereocenters. The molecule has 0 bridgehead atoms. The van der Waals surface area contributed by atoms with Gasteiger partial charge in [0.15, 0.2) is 10.6 Å². The molecular weight excluding hydrogens is 332 g/mol. The van der Waals surface area contributed by atoms with E-state index in [9.17, 15) is 4.79 Å². The largest absolute Gasteiger partial charge is 0.355 e. The molecule has 0 spiro atoms. The van der Waals surface area contributed by atoms with Gasteiger partial charge in [-0.05, 0) is 44.0 Å². The fourth-order valence-electron chi connectivity index (χ4n) is 3.59. The smallest absolute Gasteiger partial charge is 0.240 e. The predicted molar refractivity (Wildman–Crippen MR) is 102 cm³/mol. The number of aromatic amines is 1. The standard InChI is InChI=1S/C19H26N4OS/c1-14-6-4-10-16(12-14)18-21-22-19(25)23(18)13-17(24)20-11-5-9-15-7-2-3-8-15/h4,6,10,12,15H,2-3,5,7-9,11,13H2,1H3,(H,20,24)(H,22,25). The molecule has 1 heterocycles. The van der Waals surface area contributed by atoms with E-state index in [0.29, 0.717) is 10.6 Å². The molecule has 1 saturated carbocycles. The third-order valence-electron chi connectivity index (χ3n) is 4.92. The summed E-state index contributed by atoms with van der Waals surface area (Å²) >= 11 is 5.30. The molecule has 2 N–H and O–H groups in total. The summed E-state index contributed by atoms with van der Waals surface area (Å²) in [6, 6.07) is 8.04. The van der Waals surface area contributed by atoms with E-state index < -0.39 is 0 Å². The molecule has 6 heteroatoms. The molecule has 3 rings (SSSR count). The van der Waals surface area contributed by atoms with Crippen LogP contribution in [0.4, 0.5) is 0 Å². The molecule has 1 aromatic carbocycles. The number of nitrogens with one attached hydrogen (secondary N) is 2. The number of amides is 1. The van der Waals surface area contributed by atoms with Gasteiger partial charge in [0.1, 0.15) is 6.54 Å². The van der Waals surface area contributed by atoms with E-state index in [-0.39, 0.29) is 12.5 Å². The van der Waals surface area contributed by atoms with Crippen LogP contribution in [-0.4, -0.2) is 27.2 Å². The van der Waals surface area contributed by atoms with Gasteiger partial charge in [-0.15, -0.1) is 0 Å². The lowest BCUT2D eigenvalue weighted by Gasteiger charge is -2.10. The van der Waals surface area contributed by atoms with Gasteiger partial charge in [-0.2, -0.15) is 5.10 Å². The quantitative estimate of drug-likeness (QED) is 0.581. The van der Waals surface area contributed by atoms with Crippen molar-refractivity contribution in [2.75, 3.05) is 6.54 Å². The van der Waals surface area contributed by atoms with Crippen LogP contribution in [0.3, 0.4) is 0 Å². The fourth-order valence-corrected chi connectivity index (χ4v) is 3.78. The molecule has 1 amide bonds. The van der Waals surface area contributed by atoms with Gasteiger partial charge in [-0.25, -0.2) is 0 Å². The lowest BCUT2D eigenvalue weighted by Crippen LogP contribution is -2.29. The minimum absolute atomic E-state index is 0.0159. The zero-order valence-corrected chi connectivity index (χ0v) is 15.6. The minimum Gasteiger partial charge on any atom is -0.355 e. The summed E-state index contributed by atoms with van der Waals surface area (Å²) in [4.78, 5) is 12.3. The van der Waals surface area contributed by atoms with E-state index in [1.807, 2.05) is 31.2 Å². The number of carbonyl (C=O) groups excluding carboxylic acids is 1. The van der Waals surface area contributed by atoms with Crippen molar-refractivity contribution >= 4 is 18.1 Å². The van der Waals surface area contributed by atoms with E-state index in [1.54, 1.807) is 4.57 Å². The molecule has 1 aliphatic carbocycles. The predicted octanol–water partition coefficient (Wildman–Crippen LogP) is 4.00. The Hall–Kier alpha value is -1.95. The van der Waals surface area contributed by atoms with Crippen molar-refractivity contribution in [1.29, 1.82) is 0 Å². The topological polar surface area (TPSA) is 62.7 Å². The fraction of sp³-hybridized carbons (Fsp3) is 0.526. The Bertz CT molecular complexity index is 774. The molecule has 0 aliphatic heterocycles. The molecule has 5 nitrogen and oxygen atoms in total. The summed E-state index contributed by atoms with van der Waals surface area (Å²) < 4.78 is 2.23. The van der Waals surface area contributed by atoms with Gasteiger partial charge < -0.3 is 5.32 Å². The number of hydrogen-bond donors (Lipinski definition) is 2. The van der Waals surface area contributed by atoms with E-state index in [1.165, 1.54) is 32.1 Å². The van der Waals surface area contributed by atoms with Gasteiger partial charge in [0.05, 0.1) is 0 Å². The van der Waals surface area contributed by atoms with E-state index in [4.69, 9.17) is 12.2 Å². The van der Waals surface area contributed by atoms with Crippen molar-refractivity contribution in [3.05, 3.63) is 34.6 Å². The van der Waals surface area contributed by atoms with Gasteiger partial charge in [0.2, 0.25) is 5.91 Å². The van der Waals surface area contributed by atoms with Crippen LogP contribution in [0.2, 0.25) is 0 Å². The number of nitrogens with zero attached hydrogens (tertiary/aromatic N) is 2. The van der Waals surface area contributed by atoms with E-state index in [0.717, 1.165) is 30.0 Å².